The first-order chi connectivity index (χ1) is 26.9. The van der Waals surface area contributed by atoms with Gasteiger partial charge in [0.15, 0.2) is 6.04 Å². The molecule has 56 heavy (non-hydrogen) atoms. The van der Waals surface area contributed by atoms with Gasteiger partial charge in [-0.2, -0.15) is 5.06 Å². The molecule has 4 heterocycles. The third kappa shape index (κ3) is 8.00. The Hall–Kier alpha value is -4.18. The molecular weight excluding hydrogens is 722 g/mol. The van der Waals surface area contributed by atoms with Crippen LogP contribution >= 0.6 is 0 Å². The molecular formula is C42H51N3O11. The van der Waals surface area contributed by atoms with E-state index in [2.05, 4.69) is 28.9 Å². The third-order valence-electron chi connectivity index (χ3n) is 11.7. The fraction of sp³-hybridized carbons (Fsp3) is 0.571. The molecule has 3 N–H and O–H groups in total. The number of hydrogen-bond acceptors (Lipinski definition) is 12. The van der Waals surface area contributed by atoms with Crippen LogP contribution in [0.1, 0.15) is 86.3 Å². The van der Waals surface area contributed by atoms with Crippen LogP contribution in [-0.2, 0) is 56.0 Å². The van der Waals surface area contributed by atoms with E-state index in [0.29, 0.717) is 29.3 Å². The predicted octanol–water partition coefficient (Wildman–Crippen LogP) is 3.34. The smallest absolute Gasteiger partial charge is 0.327 e. The van der Waals surface area contributed by atoms with Crippen LogP contribution in [0.15, 0.2) is 54.6 Å². The first kappa shape index (κ1) is 38.7. The number of hydroxylamine groups is 2. The van der Waals surface area contributed by atoms with Crippen molar-refractivity contribution in [3.63, 3.8) is 0 Å². The molecule has 2 aromatic carbocycles. The molecule has 14 heteroatoms. The molecule has 6 aliphatic rings. The maximum absolute atomic E-state index is 14.5. The van der Waals surface area contributed by atoms with Gasteiger partial charge in [-0.3, -0.25) is 24.0 Å². The van der Waals surface area contributed by atoms with Gasteiger partial charge >= 0.3 is 11.9 Å². The highest BCUT2D eigenvalue weighted by Crippen LogP contribution is 2.55. The van der Waals surface area contributed by atoms with E-state index in [1.54, 1.807) is 50.1 Å². The number of esters is 2. The van der Waals surface area contributed by atoms with Crippen molar-refractivity contribution in [2.45, 2.75) is 127 Å². The quantitative estimate of drug-likeness (QED) is 0.201. The van der Waals surface area contributed by atoms with Crippen molar-refractivity contribution in [1.82, 2.24) is 15.7 Å². The number of aliphatic hydroxyl groups is 1. The van der Waals surface area contributed by atoms with Crippen molar-refractivity contribution in [2.24, 2.45) is 11.3 Å². The number of benzene rings is 2. The Bertz CT molecular complexity index is 1860. The van der Waals surface area contributed by atoms with Gasteiger partial charge in [-0.15, -0.1) is 0 Å². The van der Waals surface area contributed by atoms with E-state index < -0.39 is 65.4 Å². The van der Waals surface area contributed by atoms with Gasteiger partial charge in [0.1, 0.15) is 42.2 Å². The number of amides is 2. The standard InChI is InChI=1S/C42H51N3O11/c1-41(2,3)55-33(47)15-13-29(22-46)44-38(48)28-9-5-7-26(17-28)20-43-40(50)42-19-32-34-35(52-23-51-34)37(42)56-45(36(42)39(49)54-32)21-27-8-4-6-24(16-27)10-11-25-12-14-30-31(18-25)53-30/h4-11,16-17,25,29-32,34-37,46H,12-15,18-23H2,1-3H3,(H,43,50)(H,44,48)/t25?,29-,30?,31?,32+,34-,35-,36-,37+,42-/m0/s1. The summed E-state index contributed by atoms with van der Waals surface area (Å²) in [5.41, 5.74) is 0.953. The Labute approximate surface area is 326 Å². The van der Waals surface area contributed by atoms with Gasteiger partial charge < -0.3 is 39.4 Å². The lowest BCUT2D eigenvalue weighted by atomic mass is 9.62. The molecule has 10 atom stereocenters. The molecule has 0 spiro atoms. The molecule has 0 radical (unpaired) electrons. The molecule has 14 nitrogen and oxygen atoms in total. The van der Waals surface area contributed by atoms with Gasteiger partial charge in [-0.05, 0) is 81.2 Å². The van der Waals surface area contributed by atoms with Gasteiger partial charge in [0, 0.05) is 24.9 Å². The maximum Gasteiger partial charge on any atom is 0.327 e. The first-order valence-corrected chi connectivity index (χ1v) is 19.7. The molecule has 2 saturated carbocycles. The van der Waals surface area contributed by atoms with Crippen LogP contribution in [-0.4, -0.2) is 102 Å². The van der Waals surface area contributed by atoms with E-state index in [4.69, 9.17) is 28.5 Å². The largest absolute Gasteiger partial charge is 0.460 e. The number of rotatable bonds is 13. The number of nitrogens with zero attached hydrogens (tertiary/aromatic N) is 1. The number of allylic oxidation sites excluding steroid dienone is 1. The molecule has 8 rings (SSSR count). The Morgan fingerprint density at radius 3 is 2.64 bits per heavy atom. The number of carbonyl (C=O) groups excluding carboxylic acids is 4. The Morgan fingerprint density at radius 2 is 1.84 bits per heavy atom. The monoisotopic (exact) mass is 773 g/mol. The lowest BCUT2D eigenvalue weighted by molar-refractivity contribution is -0.201. The highest BCUT2D eigenvalue weighted by Gasteiger charge is 2.74. The van der Waals surface area contributed by atoms with Crippen LogP contribution in [0.2, 0.25) is 0 Å². The zero-order valence-corrected chi connectivity index (χ0v) is 32.0. The van der Waals surface area contributed by atoms with E-state index in [9.17, 15) is 24.3 Å². The second kappa shape index (κ2) is 15.6. The predicted molar refractivity (Wildman–Crippen MR) is 199 cm³/mol. The molecule has 0 aromatic heterocycles. The van der Waals surface area contributed by atoms with Crippen molar-refractivity contribution >= 4 is 29.8 Å². The normalized spacial score (nSPS) is 32.2. The lowest BCUT2D eigenvalue weighted by Gasteiger charge is -2.48. The van der Waals surface area contributed by atoms with Gasteiger partial charge in [-0.25, -0.2) is 0 Å². The molecule has 2 aliphatic carbocycles. The Kier molecular flexibility index (Phi) is 10.8. The van der Waals surface area contributed by atoms with Gasteiger partial charge in [0.05, 0.1) is 31.4 Å². The summed E-state index contributed by atoms with van der Waals surface area (Å²) in [5, 5.41) is 17.3. The minimum atomic E-state index is -1.33. The van der Waals surface area contributed by atoms with Crippen molar-refractivity contribution in [1.29, 1.82) is 0 Å². The number of aliphatic hydroxyl groups excluding tert-OH is 1. The summed E-state index contributed by atoms with van der Waals surface area (Å²) in [6.45, 7) is 5.28. The van der Waals surface area contributed by atoms with E-state index in [1.165, 1.54) is 0 Å². The van der Waals surface area contributed by atoms with E-state index in [1.807, 2.05) is 18.2 Å². The van der Waals surface area contributed by atoms with Gasteiger partial charge in [0.25, 0.3) is 5.91 Å². The molecule has 2 amide bonds. The molecule has 4 saturated heterocycles. The maximum atomic E-state index is 14.5. The average molecular weight is 774 g/mol. The van der Waals surface area contributed by atoms with Crippen LogP contribution < -0.4 is 10.6 Å². The fourth-order valence-electron chi connectivity index (χ4n) is 9.00. The summed E-state index contributed by atoms with van der Waals surface area (Å²) in [5.74, 6) is -1.30. The summed E-state index contributed by atoms with van der Waals surface area (Å²) in [6, 6.07) is 13.1. The van der Waals surface area contributed by atoms with E-state index >= 15 is 0 Å². The second-order valence-corrected chi connectivity index (χ2v) is 16.9. The van der Waals surface area contributed by atoms with Crippen LogP contribution in [0.4, 0.5) is 0 Å². The summed E-state index contributed by atoms with van der Waals surface area (Å²) >= 11 is 0. The summed E-state index contributed by atoms with van der Waals surface area (Å²) in [4.78, 5) is 60.4. The third-order valence-corrected chi connectivity index (χ3v) is 11.7. The summed E-state index contributed by atoms with van der Waals surface area (Å²) in [6.07, 6.45) is 6.31. The average Bonchev–Trinajstić information content (AvgIpc) is 3.60. The highest BCUT2D eigenvalue weighted by molar-refractivity contribution is 5.95. The first-order valence-electron chi connectivity index (χ1n) is 19.7. The summed E-state index contributed by atoms with van der Waals surface area (Å²) < 4.78 is 28.8. The van der Waals surface area contributed by atoms with E-state index in [-0.39, 0.29) is 51.7 Å². The minimum absolute atomic E-state index is 0.00150. The fourth-order valence-corrected chi connectivity index (χ4v) is 9.00. The number of nitrogens with one attached hydrogen (secondary N) is 2. The molecule has 4 aliphatic heterocycles. The van der Waals surface area contributed by atoms with Gasteiger partial charge in [0.2, 0.25) is 5.91 Å². The Balaban J connectivity index is 0.950. The number of fused-ring (bicyclic) bond motifs is 5. The molecule has 2 aromatic rings. The zero-order chi connectivity index (χ0) is 39.2. The van der Waals surface area contributed by atoms with E-state index in [0.717, 1.165) is 30.4 Å². The van der Waals surface area contributed by atoms with Crippen LogP contribution in [0.25, 0.3) is 6.08 Å². The zero-order valence-electron chi connectivity index (χ0n) is 32.0. The molecule has 3 unspecified atom stereocenters. The molecule has 2 bridgehead atoms. The molecule has 6 fully saturated rings. The number of epoxide rings is 1. The SMILES string of the molecule is CC(C)(C)OC(=O)CC[C@@H](CO)NC(=O)c1cccc(CNC(=O)[C@@]23C[C@H]4OC(=O)[C@@H]2N(Cc2cccc(C=CC5CCC6OC6C5)c2)O[C@@H]3[C@H]2OCO[C@H]24)c1. The van der Waals surface area contributed by atoms with Crippen LogP contribution in [0.3, 0.4) is 0 Å². The minimum Gasteiger partial charge on any atom is -0.460 e. The van der Waals surface area contributed by atoms with Crippen molar-refractivity contribution in [3.8, 4) is 0 Å². The van der Waals surface area contributed by atoms with Crippen molar-refractivity contribution < 1.29 is 52.8 Å². The van der Waals surface area contributed by atoms with Crippen molar-refractivity contribution in [2.75, 3.05) is 13.4 Å². The Morgan fingerprint density at radius 1 is 1.04 bits per heavy atom. The van der Waals surface area contributed by atoms with Gasteiger partial charge in [-0.1, -0.05) is 48.6 Å². The number of carbonyl (C=O) groups is 4. The lowest BCUT2D eigenvalue weighted by Crippen LogP contribution is -2.69. The van der Waals surface area contributed by atoms with Crippen LogP contribution in [0.5, 0.6) is 0 Å². The molecule has 300 valence electrons. The van der Waals surface area contributed by atoms with Crippen LogP contribution in [0, 0.1) is 11.3 Å². The topological polar surface area (TPSA) is 174 Å². The second-order valence-electron chi connectivity index (χ2n) is 16.9. The highest BCUT2D eigenvalue weighted by atomic mass is 16.8. The van der Waals surface area contributed by atoms with Crippen molar-refractivity contribution in [3.05, 3.63) is 76.9 Å². The number of hydrogen-bond donors (Lipinski definition) is 3. The number of ether oxygens (including phenoxy) is 5. The summed E-state index contributed by atoms with van der Waals surface area (Å²) in [7, 11) is 0.